The van der Waals surface area contributed by atoms with Crippen LogP contribution in [0.25, 0.3) is 0 Å². The predicted molar refractivity (Wildman–Crippen MR) is 108 cm³/mol. The summed E-state index contributed by atoms with van der Waals surface area (Å²) in [6.07, 6.45) is 1.74. The Kier molecular flexibility index (Phi) is 5.74. The fourth-order valence-electron chi connectivity index (χ4n) is 3.33. The first-order valence-electron chi connectivity index (χ1n) is 8.84. The smallest absolute Gasteiger partial charge is 0.261 e. The highest BCUT2D eigenvalue weighted by Gasteiger charge is 2.26. The average Bonchev–Trinajstić information content (AvgIpc) is 3.34. The lowest BCUT2D eigenvalue weighted by atomic mass is 10.2. The number of likely N-dealkylation sites (tertiary alicyclic amines) is 1. The number of aromatic nitrogens is 1. The molecule has 1 atom stereocenters. The second-order valence-electron chi connectivity index (χ2n) is 6.66. The number of hydrogen-bond donors (Lipinski definition) is 3. The fourth-order valence-corrected chi connectivity index (χ4v) is 5.27. The number of nitrogens with zero attached hydrogens (tertiary/aromatic N) is 2. The summed E-state index contributed by atoms with van der Waals surface area (Å²) in [6, 6.07) is 3.49. The molecule has 10 heteroatoms. The molecule has 3 N–H and O–H groups in total. The van der Waals surface area contributed by atoms with E-state index in [0.29, 0.717) is 27.4 Å². The van der Waals surface area contributed by atoms with E-state index in [0.717, 1.165) is 38.2 Å². The van der Waals surface area contributed by atoms with E-state index < -0.39 is 0 Å². The summed E-state index contributed by atoms with van der Waals surface area (Å²) in [5.41, 5.74) is 1.09. The summed E-state index contributed by atoms with van der Waals surface area (Å²) in [4.78, 5) is 32.9. The van der Waals surface area contributed by atoms with Crippen LogP contribution >= 0.6 is 34.3 Å². The van der Waals surface area contributed by atoms with Crippen molar-refractivity contribution in [2.24, 2.45) is 0 Å². The molecule has 0 aliphatic carbocycles. The van der Waals surface area contributed by atoms with Crippen LogP contribution in [0.5, 0.6) is 0 Å². The largest absolute Gasteiger partial charge is 0.347 e. The highest BCUT2D eigenvalue weighted by molar-refractivity contribution is 7.18. The summed E-state index contributed by atoms with van der Waals surface area (Å²) in [7, 11) is 0. The quantitative estimate of drug-likeness (QED) is 0.681. The zero-order chi connectivity index (χ0) is 18.8. The highest BCUT2D eigenvalue weighted by Crippen LogP contribution is 2.25. The van der Waals surface area contributed by atoms with Gasteiger partial charge < -0.3 is 16.0 Å². The van der Waals surface area contributed by atoms with Crippen LogP contribution < -0.4 is 16.0 Å². The first-order chi connectivity index (χ1) is 13.1. The predicted octanol–water partition coefficient (Wildman–Crippen LogP) is 1.95. The number of anilines is 1. The Labute approximate surface area is 170 Å². The lowest BCUT2D eigenvalue weighted by Crippen LogP contribution is -2.38. The summed E-state index contributed by atoms with van der Waals surface area (Å²) >= 11 is 8.69. The van der Waals surface area contributed by atoms with Crippen LogP contribution in [0.1, 0.15) is 26.7 Å². The molecular weight excluding hydrogens is 406 g/mol. The van der Waals surface area contributed by atoms with Crippen molar-refractivity contribution >= 4 is 51.2 Å². The van der Waals surface area contributed by atoms with Crippen molar-refractivity contribution in [1.82, 2.24) is 20.5 Å². The molecule has 2 aromatic heterocycles. The van der Waals surface area contributed by atoms with Crippen molar-refractivity contribution in [2.75, 3.05) is 31.5 Å². The first kappa shape index (κ1) is 18.8. The third-order valence-electron chi connectivity index (χ3n) is 4.62. The Balaban J connectivity index is 1.25. The van der Waals surface area contributed by atoms with E-state index in [1.165, 1.54) is 27.6 Å². The third-order valence-corrected chi connectivity index (χ3v) is 6.86. The highest BCUT2D eigenvalue weighted by atomic mass is 35.5. The molecule has 0 aromatic carbocycles. The van der Waals surface area contributed by atoms with Gasteiger partial charge in [0.15, 0.2) is 5.13 Å². The topological polar surface area (TPSA) is 86.4 Å². The van der Waals surface area contributed by atoms with Crippen LogP contribution in [0.15, 0.2) is 12.1 Å². The number of thiazole rings is 1. The van der Waals surface area contributed by atoms with Crippen LogP contribution in [0, 0.1) is 0 Å². The minimum absolute atomic E-state index is 0.0458. The number of carbonyl (C=O) groups is 2. The minimum Gasteiger partial charge on any atom is -0.347 e. The van der Waals surface area contributed by atoms with Crippen LogP contribution in [0.2, 0.25) is 4.34 Å². The molecule has 144 valence electrons. The van der Waals surface area contributed by atoms with E-state index in [9.17, 15) is 9.59 Å². The monoisotopic (exact) mass is 425 g/mol. The molecule has 0 radical (unpaired) electrons. The standard InChI is InChI=1S/C17H20ClN5O2S2/c18-14-2-1-12(26-14)16(25)20-10-4-6-23(8-10)9-15(24)22-17-21-11-3-5-19-7-13(11)27-17/h1-2,10,19H,3-9H2,(H,20,25)(H,21,22,24)/t10-/m1/s1. The molecule has 4 heterocycles. The first-order valence-corrected chi connectivity index (χ1v) is 10.9. The van der Waals surface area contributed by atoms with Gasteiger partial charge in [-0.3, -0.25) is 14.5 Å². The van der Waals surface area contributed by atoms with Gasteiger partial charge in [-0.05, 0) is 18.6 Å². The van der Waals surface area contributed by atoms with Gasteiger partial charge in [0.05, 0.1) is 21.5 Å². The SMILES string of the molecule is O=C(CN1CC[C@@H](NC(=O)c2ccc(Cl)s2)C1)Nc1nc2c(s1)CNCC2. The van der Waals surface area contributed by atoms with E-state index in [1.54, 1.807) is 12.1 Å². The maximum absolute atomic E-state index is 12.3. The molecule has 0 bridgehead atoms. The Morgan fingerprint density at radius 2 is 2.26 bits per heavy atom. The van der Waals surface area contributed by atoms with Gasteiger partial charge in [-0.2, -0.15) is 0 Å². The van der Waals surface area contributed by atoms with E-state index in [4.69, 9.17) is 11.6 Å². The van der Waals surface area contributed by atoms with Gasteiger partial charge in [-0.1, -0.05) is 11.6 Å². The van der Waals surface area contributed by atoms with E-state index in [2.05, 4.69) is 25.8 Å². The van der Waals surface area contributed by atoms with Crippen molar-refractivity contribution < 1.29 is 9.59 Å². The molecule has 27 heavy (non-hydrogen) atoms. The van der Waals surface area contributed by atoms with Gasteiger partial charge in [0.25, 0.3) is 5.91 Å². The number of thiophene rings is 1. The number of nitrogens with one attached hydrogen (secondary N) is 3. The molecule has 0 saturated carbocycles. The average molecular weight is 426 g/mol. The summed E-state index contributed by atoms with van der Waals surface area (Å²) in [5, 5.41) is 9.91. The molecule has 7 nitrogen and oxygen atoms in total. The normalized spacial score (nSPS) is 19.7. The van der Waals surface area contributed by atoms with Crippen LogP contribution in [-0.2, 0) is 17.8 Å². The van der Waals surface area contributed by atoms with Crippen molar-refractivity contribution in [3.63, 3.8) is 0 Å². The van der Waals surface area contributed by atoms with Crippen molar-refractivity contribution in [1.29, 1.82) is 0 Å². The molecule has 2 aliphatic heterocycles. The van der Waals surface area contributed by atoms with Crippen molar-refractivity contribution in [2.45, 2.75) is 25.4 Å². The van der Waals surface area contributed by atoms with Crippen molar-refractivity contribution in [3.8, 4) is 0 Å². The molecule has 4 rings (SSSR count). The Morgan fingerprint density at radius 1 is 1.37 bits per heavy atom. The second kappa shape index (κ2) is 8.24. The second-order valence-corrected chi connectivity index (χ2v) is 9.46. The number of rotatable bonds is 5. The van der Waals surface area contributed by atoms with Gasteiger partial charge in [0.2, 0.25) is 5.91 Å². The lowest BCUT2D eigenvalue weighted by molar-refractivity contribution is -0.117. The zero-order valence-electron chi connectivity index (χ0n) is 14.6. The molecule has 1 fully saturated rings. The Bertz CT molecular complexity index is 829. The molecule has 1 saturated heterocycles. The molecule has 0 spiro atoms. The van der Waals surface area contributed by atoms with E-state index in [1.807, 2.05) is 0 Å². The maximum atomic E-state index is 12.3. The number of amides is 2. The van der Waals surface area contributed by atoms with Gasteiger partial charge in [0.1, 0.15) is 0 Å². The summed E-state index contributed by atoms with van der Waals surface area (Å²) in [6.45, 7) is 3.51. The third kappa shape index (κ3) is 4.67. The lowest BCUT2D eigenvalue weighted by Gasteiger charge is -2.15. The van der Waals surface area contributed by atoms with Crippen LogP contribution in [0.3, 0.4) is 0 Å². The Morgan fingerprint density at radius 3 is 3.04 bits per heavy atom. The Hall–Kier alpha value is -1.52. The number of carbonyl (C=O) groups excluding carboxylic acids is 2. The van der Waals surface area contributed by atoms with E-state index in [-0.39, 0.29) is 17.9 Å². The summed E-state index contributed by atoms with van der Waals surface area (Å²) < 4.78 is 0.601. The number of fused-ring (bicyclic) bond motifs is 1. The zero-order valence-corrected chi connectivity index (χ0v) is 17.0. The molecule has 2 aromatic rings. The molecule has 0 unspecified atom stereocenters. The molecule has 2 aliphatic rings. The number of halogens is 1. The molecule has 2 amide bonds. The fraction of sp³-hybridized carbons (Fsp3) is 0.471. The molecular formula is C17H20ClN5O2S2. The van der Waals surface area contributed by atoms with Gasteiger partial charge in [-0.25, -0.2) is 4.98 Å². The van der Waals surface area contributed by atoms with Gasteiger partial charge in [-0.15, -0.1) is 22.7 Å². The van der Waals surface area contributed by atoms with Crippen molar-refractivity contribution in [3.05, 3.63) is 31.9 Å². The van der Waals surface area contributed by atoms with Crippen LogP contribution in [-0.4, -0.2) is 53.9 Å². The van der Waals surface area contributed by atoms with Gasteiger partial charge >= 0.3 is 0 Å². The number of hydrogen-bond acceptors (Lipinski definition) is 7. The summed E-state index contributed by atoms with van der Waals surface area (Å²) in [5.74, 6) is -0.170. The van der Waals surface area contributed by atoms with E-state index >= 15 is 0 Å². The minimum atomic E-state index is -0.106. The maximum Gasteiger partial charge on any atom is 0.261 e. The van der Waals surface area contributed by atoms with Crippen LogP contribution in [0.4, 0.5) is 5.13 Å². The van der Waals surface area contributed by atoms with Gasteiger partial charge in [0, 0.05) is 43.5 Å².